The first-order valence-electron chi connectivity index (χ1n) is 7.33. The van der Waals surface area contributed by atoms with Gasteiger partial charge in [-0.05, 0) is 31.4 Å². The van der Waals surface area contributed by atoms with Crippen molar-refractivity contribution in [3.63, 3.8) is 0 Å². The normalized spacial score (nSPS) is 12.9. The predicted molar refractivity (Wildman–Crippen MR) is 86.6 cm³/mol. The summed E-state index contributed by atoms with van der Waals surface area (Å²) in [5, 5.41) is 3.38. The van der Waals surface area contributed by atoms with Crippen LogP contribution in [0.3, 0.4) is 0 Å². The Hall–Kier alpha value is -1.42. The highest BCUT2D eigenvalue weighted by Gasteiger charge is 2.21. The van der Waals surface area contributed by atoms with Gasteiger partial charge in [0.05, 0.1) is 21.3 Å². The van der Waals surface area contributed by atoms with Crippen LogP contribution in [-0.2, 0) is 0 Å². The minimum Gasteiger partial charge on any atom is -0.496 e. The van der Waals surface area contributed by atoms with E-state index in [9.17, 15) is 0 Å². The summed E-state index contributed by atoms with van der Waals surface area (Å²) in [6.45, 7) is 6.77. The highest BCUT2D eigenvalue weighted by atomic mass is 16.5. The predicted octanol–water partition coefficient (Wildman–Crippen LogP) is 3.80. The average molecular weight is 295 g/mol. The molecule has 1 rings (SSSR count). The quantitative estimate of drug-likeness (QED) is 0.830. The van der Waals surface area contributed by atoms with Crippen molar-refractivity contribution in [3.8, 4) is 17.2 Å². The van der Waals surface area contributed by atoms with Crippen molar-refractivity contribution in [1.29, 1.82) is 0 Å². The fraction of sp³-hybridized carbons (Fsp3) is 0.647. The van der Waals surface area contributed by atoms with Crippen LogP contribution >= 0.6 is 0 Å². The van der Waals surface area contributed by atoms with E-state index in [2.05, 4.69) is 26.1 Å². The Morgan fingerprint density at radius 3 is 1.90 bits per heavy atom. The average Bonchev–Trinajstić information content (AvgIpc) is 2.45. The van der Waals surface area contributed by atoms with Crippen LogP contribution in [0.4, 0.5) is 0 Å². The van der Waals surface area contributed by atoms with Crippen LogP contribution in [-0.4, -0.2) is 28.4 Å². The van der Waals surface area contributed by atoms with E-state index in [1.807, 2.05) is 19.2 Å². The third kappa shape index (κ3) is 4.81. The molecule has 0 aromatic heterocycles. The molecule has 0 aliphatic rings. The lowest BCUT2D eigenvalue weighted by molar-refractivity contribution is 0.326. The Labute approximate surface area is 128 Å². The number of nitrogens with one attached hydrogen (secondary N) is 1. The van der Waals surface area contributed by atoms with Crippen LogP contribution in [0, 0.1) is 5.41 Å². The van der Waals surface area contributed by atoms with Gasteiger partial charge in [0.15, 0.2) is 11.5 Å². The maximum Gasteiger partial charge on any atom is 0.164 e. The molecule has 1 atom stereocenters. The van der Waals surface area contributed by atoms with E-state index in [-0.39, 0.29) is 6.04 Å². The van der Waals surface area contributed by atoms with Crippen LogP contribution < -0.4 is 19.5 Å². The van der Waals surface area contributed by atoms with Gasteiger partial charge in [-0.25, -0.2) is 0 Å². The number of rotatable bonds is 7. The number of hydrogen-bond acceptors (Lipinski definition) is 4. The Morgan fingerprint density at radius 2 is 1.48 bits per heavy atom. The maximum absolute atomic E-state index is 5.53. The molecule has 0 saturated heterocycles. The minimum absolute atomic E-state index is 0.221. The molecule has 0 amide bonds. The van der Waals surface area contributed by atoms with Crippen LogP contribution in [0.25, 0.3) is 0 Å². The molecule has 0 aliphatic heterocycles. The molecule has 0 aliphatic carbocycles. The van der Waals surface area contributed by atoms with E-state index in [0.29, 0.717) is 11.2 Å². The van der Waals surface area contributed by atoms with Crippen molar-refractivity contribution >= 4 is 0 Å². The summed E-state index contributed by atoms with van der Waals surface area (Å²) in [4.78, 5) is 0. The second kappa shape index (κ2) is 7.55. The van der Waals surface area contributed by atoms with E-state index < -0.39 is 0 Å². The van der Waals surface area contributed by atoms with Gasteiger partial charge in [-0.15, -0.1) is 0 Å². The van der Waals surface area contributed by atoms with Crippen molar-refractivity contribution in [2.45, 2.75) is 39.7 Å². The number of methoxy groups -OCH3 is 3. The van der Waals surface area contributed by atoms with Crippen molar-refractivity contribution in [1.82, 2.24) is 5.32 Å². The van der Waals surface area contributed by atoms with Crippen molar-refractivity contribution in [2.24, 2.45) is 5.41 Å². The van der Waals surface area contributed by atoms with Crippen LogP contribution in [0.2, 0.25) is 0 Å². The summed E-state index contributed by atoms with van der Waals surface area (Å²) in [6, 6.07) is 4.11. The molecular weight excluding hydrogens is 266 g/mol. The fourth-order valence-corrected chi connectivity index (χ4v) is 2.36. The highest BCUT2D eigenvalue weighted by Crippen LogP contribution is 2.39. The van der Waals surface area contributed by atoms with Gasteiger partial charge in [-0.3, -0.25) is 0 Å². The molecule has 0 spiro atoms. The van der Waals surface area contributed by atoms with E-state index in [1.165, 1.54) is 0 Å². The van der Waals surface area contributed by atoms with Gasteiger partial charge in [0.25, 0.3) is 0 Å². The van der Waals surface area contributed by atoms with E-state index in [1.54, 1.807) is 21.3 Å². The first-order chi connectivity index (χ1) is 9.86. The number of benzene rings is 1. The Balaban J connectivity index is 3.12. The number of ether oxygens (including phenoxy) is 3. The summed E-state index contributed by atoms with van der Waals surface area (Å²) >= 11 is 0. The summed E-state index contributed by atoms with van der Waals surface area (Å²) in [5.41, 5.74) is 1.40. The number of hydrogen-bond donors (Lipinski definition) is 1. The molecule has 0 fully saturated rings. The smallest absolute Gasteiger partial charge is 0.164 e. The van der Waals surface area contributed by atoms with Gasteiger partial charge in [0, 0.05) is 17.7 Å². The summed E-state index contributed by atoms with van der Waals surface area (Å²) in [5.74, 6) is 2.23. The molecule has 4 nitrogen and oxygen atoms in total. The molecule has 0 radical (unpaired) electrons. The lowest BCUT2D eigenvalue weighted by Crippen LogP contribution is -2.19. The van der Waals surface area contributed by atoms with Crippen molar-refractivity contribution < 1.29 is 14.2 Å². The third-order valence-corrected chi connectivity index (χ3v) is 3.64. The standard InChI is InChI=1S/C17H29NO3/c1-17(2,3)9-8-13(18-4)12-10-15(20-6)16(21-7)11-14(12)19-5/h10-11,13,18H,8-9H2,1-7H3. The molecule has 1 aromatic carbocycles. The minimum atomic E-state index is 0.221. The van der Waals surface area contributed by atoms with E-state index >= 15 is 0 Å². The Kier molecular flexibility index (Phi) is 6.34. The SMILES string of the molecule is CNC(CCC(C)(C)C)c1cc(OC)c(OC)cc1OC. The van der Waals surface area contributed by atoms with E-state index in [4.69, 9.17) is 14.2 Å². The van der Waals surface area contributed by atoms with Gasteiger partial charge >= 0.3 is 0 Å². The largest absolute Gasteiger partial charge is 0.496 e. The topological polar surface area (TPSA) is 39.7 Å². The zero-order valence-corrected chi connectivity index (χ0v) is 14.4. The molecular formula is C17H29NO3. The van der Waals surface area contributed by atoms with Gasteiger partial charge < -0.3 is 19.5 Å². The van der Waals surface area contributed by atoms with Gasteiger partial charge in [-0.2, -0.15) is 0 Å². The molecule has 1 N–H and O–H groups in total. The molecule has 0 saturated carbocycles. The first-order valence-corrected chi connectivity index (χ1v) is 7.33. The van der Waals surface area contributed by atoms with Crippen LogP contribution in [0.5, 0.6) is 17.2 Å². The molecule has 21 heavy (non-hydrogen) atoms. The summed E-state index contributed by atoms with van der Waals surface area (Å²) in [6.07, 6.45) is 2.15. The van der Waals surface area contributed by atoms with Gasteiger partial charge in [0.1, 0.15) is 5.75 Å². The first kappa shape index (κ1) is 17.6. The molecule has 1 aromatic rings. The van der Waals surface area contributed by atoms with Crippen molar-refractivity contribution in [3.05, 3.63) is 17.7 Å². The van der Waals surface area contributed by atoms with Crippen molar-refractivity contribution in [2.75, 3.05) is 28.4 Å². The Morgan fingerprint density at radius 1 is 0.952 bits per heavy atom. The monoisotopic (exact) mass is 295 g/mol. The van der Waals surface area contributed by atoms with E-state index in [0.717, 1.165) is 29.9 Å². The maximum atomic E-state index is 5.53. The molecule has 0 heterocycles. The van der Waals surface area contributed by atoms with Crippen LogP contribution in [0.1, 0.15) is 45.2 Å². The second-order valence-electron chi connectivity index (χ2n) is 6.39. The van der Waals surface area contributed by atoms with Gasteiger partial charge in [0.2, 0.25) is 0 Å². The molecule has 4 heteroatoms. The Bertz CT molecular complexity index is 452. The molecule has 0 bridgehead atoms. The second-order valence-corrected chi connectivity index (χ2v) is 6.39. The van der Waals surface area contributed by atoms with Crippen LogP contribution in [0.15, 0.2) is 12.1 Å². The summed E-state index contributed by atoms with van der Waals surface area (Å²) < 4.78 is 16.3. The summed E-state index contributed by atoms with van der Waals surface area (Å²) in [7, 11) is 6.94. The highest BCUT2D eigenvalue weighted by molar-refractivity contribution is 5.51. The lowest BCUT2D eigenvalue weighted by Gasteiger charge is -2.25. The van der Waals surface area contributed by atoms with Gasteiger partial charge in [-0.1, -0.05) is 20.8 Å². The third-order valence-electron chi connectivity index (χ3n) is 3.64. The fourth-order valence-electron chi connectivity index (χ4n) is 2.36. The lowest BCUT2D eigenvalue weighted by atomic mass is 9.87. The zero-order valence-electron chi connectivity index (χ0n) is 14.4. The zero-order chi connectivity index (χ0) is 16.0. The molecule has 1 unspecified atom stereocenters. The molecule has 120 valence electrons.